The third-order valence-corrected chi connectivity index (χ3v) is 8.30. The van der Waals surface area contributed by atoms with Gasteiger partial charge in [0.25, 0.3) is 0 Å². The van der Waals surface area contributed by atoms with Gasteiger partial charge < -0.3 is 46.1 Å². The van der Waals surface area contributed by atoms with E-state index in [2.05, 4.69) is 53.7 Å². The van der Waals surface area contributed by atoms with Crippen LogP contribution >= 0.6 is 0 Å². The Labute approximate surface area is 299 Å². The van der Waals surface area contributed by atoms with E-state index in [0.717, 1.165) is 91.6 Å². The Balaban J connectivity index is 0. The standard InChI is InChI=1S/C32H57N6O4.2Fe.2H2O/c1-27(39)21-33-9-10-34(22-28(2)40)14-18-37(17-13-33)25-31-5-7-32(8-6-31)26-38-19-15-35(23-29(3)41)11-12-36(16-20-38)24-30(4)42;;;;/h5-8,27-30,39H,9-26H2,1-4H3;;;2*1H2/q-3;2*+6;;/t27-,28-,29-,30-;;;;/m0..../s1. The molecule has 5 N–H and O–H groups in total. The van der Waals surface area contributed by atoms with Crippen molar-refractivity contribution >= 4 is 0 Å². The predicted octanol–water partition coefficient (Wildman–Crippen LogP) is -3.50. The van der Waals surface area contributed by atoms with Crippen LogP contribution in [0.1, 0.15) is 38.8 Å². The van der Waals surface area contributed by atoms with Crippen molar-refractivity contribution < 1.29 is 65.5 Å². The van der Waals surface area contributed by atoms with Crippen LogP contribution in [-0.4, -0.2) is 175 Å². The van der Waals surface area contributed by atoms with Gasteiger partial charge in [-0.05, 0) is 37.7 Å². The van der Waals surface area contributed by atoms with Crippen molar-refractivity contribution in [2.45, 2.75) is 65.2 Å². The van der Waals surface area contributed by atoms with Crippen molar-refractivity contribution in [1.29, 1.82) is 0 Å². The molecule has 0 unspecified atom stereocenters. The van der Waals surface area contributed by atoms with Gasteiger partial charge in [0.15, 0.2) is 0 Å². The van der Waals surface area contributed by atoms with Crippen molar-refractivity contribution in [2.75, 3.05) is 105 Å². The Hall–Kier alpha value is -0.221. The minimum atomic E-state index is -0.615. The number of benzene rings is 1. The summed E-state index contributed by atoms with van der Waals surface area (Å²) in [5.74, 6) is 0. The number of rotatable bonds is 12. The fraction of sp³-hybridized carbons (Fsp3) is 0.812. The predicted molar refractivity (Wildman–Crippen MR) is 170 cm³/mol. The van der Waals surface area contributed by atoms with E-state index in [1.807, 2.05) is 6.92 Å². The molecular weight excluding hydrogens is 676 g/mol. The molecular formula is C32H61Fe2N6O6+9. The van der Waals surface area contributed by atoms with E-state index in [1.54, 1.807) is 20.8 Å². The Kier molecular flexibility index (Phi) is 26.8. The van der Waals surface area contributed by atoms with Crippen molar-refractivity contribution in [3.8, 4) is 0 Å². The second-order valence-electron chi connectivity index (χ2n) is 12.9. The van der Waals surface area contributed by atoms with Crippen LogP contribution in [0, 0.1) is 0 Å². The van der Waals surface area contributed by atoms with E-state index in [0.29, 0.717) is 26.2 Å². The van der Waals surface area contributed by atoms with E-state index >= 15 is 0 Å². The van der Waals surface area contributed by atoms with Gasteiger partial charge in [-0.15, -0.1) is 18.3 Å². The summed E-state index contributed by atoms with van der Waals surface area (Å²) in [6.07, 6.45) is -2.20. The van der Waals surface area contributed by atoms with Crippen LogP contribution in [0.5, 0.6) is 0 Å². The quantitative estimate of drug-likeness (QED) is 0.212. The average Bonchev–Trinajstić information content (AvgIpc) is 3.05. The summed E-state index contributed by atoms with van der Waals surface area (Å²) in [5.41, 5.74) is 2.55. The molecule has 0 saturated carbocycles. The maximum Gasteiger partial charge on any atom is 6.00 e. The first-order valence-corrected chi connectivity index (χ1v) is 16.1. The molecule has 0 aliphatic carbocycles. The summed E-state index contributed by atoms with van der Waals surface area (Å²) >= 11 is 0. The van der Waals surface area contributed by atoms with Gasteiger partial charge in [0.05, 0.1) is 6.10 Å². The number of hydrogen-bond acceptors (Lipinski definition) is 10. The van der Waals surface area contributed by atoms with Gasteiger partial charge >= 0.3 is 34.1 Å². The molecule has 2 saturated heterocycles. The van der Waals surface area contributed by atoms with Crippen molar-refractivity contribution in [2.24, 2.45) is 0 Å². The molecule has 46 heavy (non-hydrogen) atoms. The fourth-order valence-electron chi connectivity index (χ4n) is 6.15. The number of aliphatic hydroxyl groups is 1. The molecule has 0 amide bonds. The molecule has 1 aromatic carbocycles. The molecule has 0 radical (unpaired) electrons. The number of aliphatic hydroxyl groups excluding tert-OH is 1. The van der Waals surface area contributed by atoms with E-state index in [9.17, 15) is 20.4 Å². The van der Waals surface area contributed by atoms with Crippen LogP contribution in [0.4, 0.5) is 0 Å². The minimum absolute atomic E-state index is 0. The molecule has 3 rings (SSSR count). The molecule has 14 heteroatoms. The minimum Gasteiger partial charge on any atom is -0.851 e. The molecule has 0 bridgehead atoms. The zero-order valence-electron chi connectivity index (χ0n) is 28.4. The van der Waals surface area contributed by atoms with Crippen molar-refractivity contribution in [3.63, 3.8) is 0 Å². The Morgan fingerprint density at radius 1 is 0.478 bits per heavy atom. The van der Waals surface area contributed by atoms with E-state index in [4.69, 9.17) is 0 Å². The first kappa shape index (κ1) is 47.9. The molecule has 12 nitrogen and oxygen atoms in total. The van der Waals surface area contributed by atoms with Gasteiger partial charge in [-0.2, -0.15) is 0 Å². The SMILES string of the molecule is C[C@H]([O-])CN1CCN(Cc2ccc(CN3CCN(C[C@H](C)[O-])CCN(C[C@H](C)O)CC3)cc2)CCN(C[C@H](C)[O-])CC1.O.O.[Fe+6].[Fe+6]. The second-order valence-corrected chi connectivity index (χ2v) is 12.9. The van der Waals surface area contributed by atoms with Gasteiger partial charge in [0.2, 0.25) is 0 Å². The van der Waals surface area contributed by atoms with Gasteiger partial charge in [0, 0.05) is 98.2 Å². The number of nitrogens with zero attached hydrogens (tertiary/aromatic N) is 6. The molecule has 2 aliphatic heterocycles. The molecule has 262 valence electrons. The largest absolute Gasteiger partial charge is 6.00 e. The molecule has 4 atom stereocenters. The first-order valence-electron chi connectivity index (χ1n) is 16.1. The zero-order valence-corrected chi connectivity index (χ0v) is 30.6. The topological polar surface area (TPSA) is 172 Å². The monoisotopic (exact) mass is 737 g/mol. The van der Waals surface area contributed by atoms with E-state index < -0.39 is 18.3 Å². The van der Waals surface area contributed by atoms with E-state index in [1.165, 1.54) is 11.1 Å². The molecule has 0 aromatic heterocycles. The zero-order chi connectivity index (χ0) is 30.5. The van der Waals surface area contributed by atoms with Gasteiger partial charge in [0.1, 0.15) is 0 Å². The van der Waals surface area contributed by atoms with Crippen LogP contribution < -0.4 is 15.3 Å². The van der Waals surface area contributed by atoms with Gasteiger partial charge in [-0.25, -0.2) is 0 Å². The maximum atomic E-state index is 11.9. The maximum absolute atomic E-state index is 11.9. The summed E-state index contributed by atoms with van der Waals surface area (Å²) in [7, 11) is 0. The molecule has 1 aromatic rings. The summed E-state index contributed by atoms with van der Waals surface area (Å²) in [4.78, 5) is 14.0. The Morgan fingerprint density at radius 3 is 0.913 bits per heavy atom. The third-order valence-electron chi connectivity index (χ3n) is 8.30. The fourth-order valence-corrected chi connectivity index (χ4v) is 6.15. The number of β-amino-alcohol motifs (C(OH)–C–C–N with tert-alkyl or cyclic N) is 1. The molecule has 2 fully saturated rings. The first-order chi connectivity index (χ1) is 20.0. The third kappa shape index (κ3) is 19.7. The van der Waals surface area contributed by atoms with Crippen LogP contribution in [0.2, 0.25) is 0 Å². The normalized spacial score (nSPS) is 21.6. The summed E-state index contributed by atoms with van der Waals surface area (Å²) in [6.45, 7) is 21.6. The molecule has 0 spiro atoms. The number of hydrogen-bond donors (Lipinski definition) is 1. The smallest absolute Gasteiger partial charge is 0.851 e. The van der Waals surface area contributed by atoms with Gasteiger partial charge in [-0.3, -0.25) is 14.7 Å². The summed E-state index contributed by atoms with van der Waals surface area (Å²) < 4.78 is 0. The summed E-state index contributed by atoms with van der Waals surface area (Å²) in [6, 6.07) is 8.94. The second kappa shape index (κ2) is 25.7. The van der Waals surface area contributed by atoms with Crippen LogP contribution in [0.3, 0.4) is 0 Å². The van der Waals surface area contributed by atoms with Crippen molar-refractivity contribution in [3.05, 3.63) is 35.4 Å². The van der Waals surface area contributed by atoms with E-state index in [-0.39, 0.29) is 51.2 Å². The van der Waals surface area contributed by atoms with Crippen LogP contribution in [0.15, 0.2) is 24.3 Å². The molecule has 2 aliphatic rings. The van der Waals surface area contributed by atoms with Crippen LogP contribution in [0.25, 0.3) is 0 Å². The average molecular weight is 738 g/mol. The summed E-state index contributed by atoms with van der Waals surface area (Å²) in [5, 5.41) is 45.7. The van der Waals surface area contributed by atoms with Gasteiger partial charge in [-0.1, -0.05) is 45.0 Å². The molecule has 2 heterocycles. The van der Waals surface area contributed by atoms with Crippen molar-refractivity contribution in [1.82, 2.24) is 29.4 Å². The Bertz CT molecular complexity index is 761. The Morgan fingerprint density at radius 2 is 0.696 bits per heavy atom. The van der Waals surface area contributed by atoms with Crippen LogP contribution in [-0.2, 0) is 47.2 Å².